The van der Waals surface area contributed by atoms with E-state index in [1.807, 2.05) is 0 Å². The van der Waals surface area contributed by atoms with E-state index in [9.17, 15) is 14.0 Å². The number of carbonyl (C=O) groups is 2. The molecule has 0 atom stereocenters. The lowest BCUT2D eigenvalue weighted by Crippen LogP contribution is -2.20. The van der Waals surface area contributed by atoms with E-state index in [1.54, 1.807) is 18.2 Å². The van der Waals surface area contributed by atoms with Gasteiger partial charge in [0.15, 0.2) is 12.9 Å². The van der Waals surface area contributed by atoms with Gasteiger partial charge in [0, 0.05) is 5.69 Å². The maximum Gasteiger partial charge on any atom is 0.262 e. The molecule has 0 aliphatic carbocycles. The number of nitrogens with one attached hydrogen (secondary N) is 1. The first kappa shape index (κ1) is 15.0. The summed E-state index contributed by atoms with van der Waals surface area (Å²) in [6, 6.07) is 10.2. The van der Waals surface area contributed by atoms with E-state index >= 15 is 0 Å². The highest BCUT2D eigenvalue weighted by Crippen LogP contribution is 2.27. The zero-order chi connectivity index (χ0) is 15.2. The van der Waals surface area contributed by atoms with E-state index in [1.165, 1.54) is 24.3 Å². The average Bonchev–Trinajstić information content (AvgIpc) is 2.45. The minimum absolute atomic E-state index is 0.142. The highest BCUT2D eigenvalue weighted by atomic mass is 35.5. The van der Waals surface area contributed by atoms with Gasteiger partial charge in [-0.05, 0) is 30.3 Å². The van der Waals surface area contributed by atoms with Crippen molar-refractivity contribution in [1.82, 2.24) is 0 Å². The Morgan fingerprint density at radius 3 is 2.76 bits per heavy atom. The van der Waals surface area contributed by atoms with Crippen LogP contribution in [-0.4, -0.2) is 18.8 Å². The van der Waals surface area contributed by atoms with Crippen LogP contribution >= 0.6 is 11.6 Å². The molecule has 2 aromatic rings. The zero-order valence-corrected chi connectivity index (χ0v) is 11.6. The van der Waals surface area contributed by atoms with Crippen molar-refractivity contribution in [1.29, 1.82) is 0 Å². The second-order valence-electron chi connectivity index (χ2n) is 4.12. The Kier molecular flexibility index (Phi) is 4.90. The molecule has 0 spiro atoms. The molecule has 21 heavy (non-hydrogen) atoms. The van der Waals surface area contributed by atoms with Crippen molar-refractivity contribution in [3.8, 4) is 5.75 Å². The number of amides is 1. The van der Waals surface area contributed by atoms with Crippen molar-refractivity contribution in [2.75, 3.05) is 11.9 Å². The highest BCUT2D eigenvalue weighted by molar-refractivity contribution is 6.32. The zero-order valence-electron chi connectivity index (χ0n) is 10.8. The van der Waals surface area contributed by atoms with E-state index in [-0.39, 0.29) is 22.9 Å². The topological polar surface area (TPSA) is 55.4 Å². The fourth-order valence-electron chi connectivity index (χ4n) is 1.67. The molecule has 1 N–H and O–H groups in total. The van der Waals surface area contributed by atoms with Gasteiger partial charge in [0.1, 0.15) is 11.6 Å². The third-order valence-electron chi connectivity index (χ3n) is 2.58. The lowest BCUT2D eigenvalue weighted by Gasteiger charge is -2.10. The Balaban J connectivity index is 2.00. The van der Waals surface area contributed by atoms with E-state index in [4.69, 9.17) is 16.3 Å². The summed E-state index contributed by atoms with van der Waals surface area (Å²) < 4.78 is 18.2. The fourth-order valence-corrected chi connectivity index (χ4v) is 1.91. The average molecular weight is 308 g/mol. The largest absolute Gasteiger partial charge is 0.481 e. The van der Waals surface area contributed by atoms with Crippen LogP contribution in [0, 0.1) is 5.82 Å². The standard InChI is InChI=1S/C15H11ClFNO3/c16-13-6-1-3-10(8-19)15(13)21-9-14(20)18-12-5-2-4-11(17)7-12/h1-8H,9H2,(H,18,20). The number of benzene rings is 2. The molecule has 1 amide bonds. The third-order valence-corrected chi connectivity index (χ3v) is 2.88. The number of hydrogen-bond donors (Lipinski definition) is 1. The Bertz CT molecular complexity index is 676. The van der Waals surface area contributed by atoms with Crippen LogP contribution in [0.4, 0.5) is 10.1 Å². The second kappa shape index (κ2) is 6.85. The molecule has 6 heteroatoms. The van der Waals surface area contributed by atoms with Crippen LogP contribution in [0.5, 0.6) is 5.75 Å². The molecule has 4 nitrogen and oxygen atoms in total. The maximum atomic E-state index is 13.0. The molecular weight excluding hydrogens is 297 g/mol. The first-order chi connectivity index (χ1) is 10.1. The van der Waals surface area contributed by atoms with Gasteiger partial charge in [-0.25, -0.2) is 4.39 Å². The Morgan fingerprint density at radius 1 is 1.29 bits per heavy atom. The highest BCUT2D eigenvalue weighted by Gasteiger charge is 2.10. The number of halogens is 2. The second-order valence-corrected chi connectivity index (χ2v) is 4.53. The molecule has 2 rings (SSSR count). The smallest absolute Gasteiger partial charge is 0.262 e. The Morgan fingerprint density at radius 2 is 2.05 bits per heavy atom. The first-order valence-corrected chi connectivity index (χ1v) is 6.40. The molecule has 0 fully saturated rings. The van der Waals surface area contributed by atoms with Crippen LogP contribution in [0.1, 0.15) is 10.4 Å². The van der Waals surface area contributed by atoms with Gasteiger partial charge in [-0.15, -0.1) is 0 Å². The van der Waals surface area contributed by atoms with Crippen molar-refractivity contribution in [2.24, 2.45) is 0 Å². The fraction of sp³-hybridized carbons (Fsp3) is 0.0667. The molecule has 108 valence electrons. The lowest BCUT2D eigenvalue weighted by molar-refractivity contribution is -0.118. The van der Waals surface area contributed by atoms with E-state index in [0.29, 0.717) is 12.0 Å². The van der Waals surface area contributed by atoms with Crippen molar-refractivity contribution in [2.45, 2.75) is 0 Å². The van der Waals surface area contributed by atoms with Crippen molar-refractivity contribution < 1.29 is 18.7 Å². The molecule has 0 saturated carbocycles. The van der Waals surface area contributed by atoms with E-state index < -0.39 is 11.7 Å². The summed E-state index contributed by atoms with van der Waals surface area (Å²) in [5, 5.41) is 2.71. The summed E-state index contributed by atoms with van der Waals surface area (Å²) in [4.78, 5) is 22.6. The summed E-state index contributed by atoms with van der Waals surface area (Å²) in [6.45, 7) is -0.346. The van der Waals surface area contributed by atoms with Crippen LogP contribution < -0.4 is 10.1 Å². The quantitative estimate of drug-likeness (QED) is 0.862. The first-order valence-electron chi connectivity index (χ1n) is 6.02. The molecule has 0 aliphatic heterocycles. The van der Waals surface area contributed by atoms with Crippen LogP contribution in [0.15, 0.2) is 42.5 Å². The molecular formula is C15H11ClFNO3. The summed E-state index contributed by atoms with van der Waals surface area (Å²) in [5.41, 5.74) is 0.569. The van der Waals surface area contributed by atoms with Gasteiger partial charge in [0.2, 0.25) is 0 Å². The van der Waals surface area contributed by atoms with Crippen LogP contribution in [0.2, 0.25) is 5.02 Å². The van der Waals surface area contributed by atoms with Crippen LogP contribution in [-0.2, 0) is 4.79 Å². The van der Waals surface area contributed by atoms with Gasteiger partial charge in [0.25, 0.3) is 5.91 Å². The number of ether oxygens (including phenoxy) is 1. The molecule has 0 saturated heterocycles. The third kappa shape index (κ3) is 4.03. The van der Waals surface area contributed by atoms with E-state index in [0.717, 1.165) is 0 Å². The number of aldehydes is 1. The lowest BCUT2D eigenvalue weighted by atomic mass is 10.2. The Labute approximate surface area is 125 Å². The van der Waals surface area contributed by atoms with Crippen molar-refractivity contribution >= 4 is 29.5 Å². The molecule has 0 bridgehead atoms. The van der Waals surface area contributed by atoms with Gasteiger partial charge in [-0.1, -0.05) is 23.7 Å². The summed E-state index contributed by atoms with van der Waals surface area (Å²) in [5.74, 6) is -0.802. The molecule has 0 unspecified atom stereocenters. The maximum absolute atomic E-state index is 13.0. The number of rotatable bonds is 5. The number of carbonyl (C=O) groups excluding carboxylic acids is 2. The minimum atomic E-state index is -0.489. The molecule has 0 aliphatic rings. The number of hydrogen-bond acceptors (Lipinski definition) is 3. The van der Waals surface area contributed by atoms with Crippen molar-refractivity contribution in [3.63, 3.8) is 0 Å². The number of anilines is 1. The molecule has 0 radical (unpaired) electrons. The van der Waals surface area contributed by atoms with Crippen molar-refractivity contribution in [3.05, 3.63) is 58.9 Å². The van der Waals surface area contributed by atoms with E-state index in [2.05, 4.69) is 5.32 Å². The predicted octanol–water partition coefficient (Wildman–Crippen LogP) is 3.31. The van der Waals surface area contributed by atoms with Crippen LogP contribution in [0.3, 0.4) is 0 Å². The van der Waals surface area contributed by atoms with Crippen LogP contribution in [0.25, 0.3) is 0 Å². The molecule has 0 heterocycles. The van der Waals surface area contributed by atoms with Gasteiger partial charge >= 0.3 is 0 Å². The number of para-hydroxylation sites is 1. The van der Waals surface area contributed by atoms with Gasteiger partial charge in [-0.3, -0.25) is 9.59 Å². The summed E-state index contributed by atoms with van der Waals surface area (Å²) in [7, 11) is 0. The molecule has 2 aromatic carbocycles. The monoisotopic (exact) mass is 307 g/mol. The minimum Gasteiger partial charge on any atom is -0.481 e. The van der Waals surface area contributed by atoms with Gasteiger partial charge < -0.3 is 10.1 Å². The summed E-state index contributed by atoms with van der Waals surface area (Å²) in [6.07, 6.45) is 0.589. The van der Waals surface area contributed by atoms with Gasteiger partial charge in [0.05, 0.1) is 10.6 Å². The Hall–Kier alpha value is -2.40. The SMILES string of the molecule is O=Cc1cccc(Cl)c1OCC(=O)Nc1cccc(F)c1. The normalized spacial score (nSPS) is 10.0. The molecule has 0 aromatic heterocycles. The van der Waals surface area contributed by atoms with Gasteiger partial charge in [-0.2, -0.15) is 0 Å². The predicted molar refractivity (Wildman–Crippen MR) is 77.4 cm³/mol. The summed E-state index contributed by atoms with van der Waals surface area (Å²) >= 11 is 5.91.